The summed E-state index contributed by atoms with van der Waals surface area (Å²) < 4.78 is 5.92. The topological polar surface area (TPSA) is 153 Å². The smallest absolute Gasteiger partial charge is 0.303 e. The van der Waals surface area contributed by atoms with Gasteiger partial charge in [0.2, 0.25) is 11.6 Å². The van der Waals surface area contributed by atoms with Gasteiger partial charge in [-0.2, -0.15) is 0 Å². The molecule has 2 aliphatic heterocycles. The second-order valence-corrected chi connectivity index (χ2v) is 11.2. The van der Waals surface area contributed by atoms with Crippen LogP contribution < -0.4 is 5.32 Å². The van der Waals surface area contributed by atoms with Gasteiger partial charge in [0.1, 0.15) is 6.10 Å². The van der Waals surface area contributed by atoms with E-state index < -0.39 is 41.3 Å². The number of aliphatic hydroxyl groups is 3. The van der Waals surface area contributed by atoms with Crippen LogP contribution in [0.2, 0.25) is 0 Å². The number of hydrogen-bond donors (Lipinski definition) is 5. The number of fused-ring (bicyclic) bond motifs is 1. The van der Waals surface area contributed by atoms with Crippen LogP contribution >= 0.6 is 0 Å². The highest BCUT2D eigenvalue weighted by molar-refractivity contribution is 5.98. The van der Waals surface area contributed by atoms with Gasteiger partial charge in [0.05, 0.1) is 12.2 Å². The summed E-state index contributed by atoms with van der Waals surface area (Å²) in [5.74, 6) is -4.19. The number of carboxylic acid groups (broad SMARTS) is 1. The van der Waals surface area contributed by atoms with Crippen molar-refractivity contribution >= 4 is 17.5 Å². The number of ether oxygens (including phenoxy) is 1. The molecule has 5 N–H and O–H groups in total. The van der Waals surface area contributed by atoms with Gasteiger partial charge in [-0.3, -0.25) is 14.4 Å². The second-order valence-electron chi connectivity index (χ2n) is 11.2. The Hall–Kier alpha value is -2.07. The van der Waals surface area contributed by atoms with Crippen LogP contribution in [0.5, 0.6) is 0 Å². The maximum Gasteiger partial charge on any atom is 0.303 e. The summed E-state index contributed by atoms with van der Waals surface area (Å²) in [6, 6.07) is 0. The predicted molar refractivity (Wildman–Crippen MR) is 141 cm³/mol. The number of ketones is 2. The highest BCUT2D eigenvalue weighted by atomic mass is 16.6. The Morgan fingerprint density at radius 3 is 2.53 bits per heavy atom. The van der Waals surface area contributed by atoms with Gasteiger partial charge >= 0.3 is 5.97 Å². The molecule has 214 valence electrons. The molecule has 2 bridgehead atoms. The fourth-order valence-electron chi connectivity index (χ4n) is 6.27. The van der Waals surface area contributed by atoms with Crippen molar-refractivity contribution in [3.05, 3.63) is 23.9 Å². The summed E-state index contributed by atoms with van der Waals surface area (Å²) >= 11 is 0. The summed E-state index contributed by atoms with van der Waals surface area (Å²) in [5.41, 5.74) is -0.324. The molecular formula is C29H45NO8. The lowest BCUT2D eigenvalue weighted by molar-refractivity contribution is -0.286. The lowest BCUT2D eigenvalue weighted by Crippen LogP contribution is -2.63. The quantitative estimate of drug-likeness (QED) is 0.140. The number of aliphatic carboxylic acids is 1. The zero-order chi connectivity index (χ0) is 27.8. The van der Waals surface area contributed by atoms with Gasteiger partial charge in [0, 0.05) is 48.9 Å². The lowest BCUT2D eigenvalue weighted by atomic mass is 9.58. The van der Waals surface area contributed by atoms with Gasteiger partial charge in [0.15, 0.2) is 5.78 Å². The SMILES string of the molecule is CCC/C=C\C[C@H]1[C@H](CC(=O)[C@H](O)CCCCCCCCCC(=O)O)O[C@@]2(O)CC13C(=CC2=O)NC[C@H]3O. The van der Waals surface area contributed by atoms with Gasteiger partial charge in [-0.25, -0.2) is 0 Å². The number of hydrogen-bond acceptors (Lipinski definition) is 8. The zero-order valence-electron chi connectivity index (χ0n) is 22.6. The summed E-state index contributed by atoms with van der Waals surface area (Å²) in [6.07, 6.45) is 11.4. The number of nitrogens with one attached hydrogen (secondary N) is 1. The van der Waals surface area contributed by atoms with Crippen molar-refractivity contribution in [2.45, 2.75) is 121 Å². The number of allylic oxidation sites excluding steroid dienone is 2. The monoisotopic (exact) mass is 535 g/mol. The van der Waals surface area contributed by atoms with Crippen molar-refractivity contribution in [2.24, 2.45) is 11.3 Å². The predicted octanol–water partition coefficient (Wildman–Crippen LogP) is 3.16. The minimum atomic E-state index is -2.10. The van der Waals surface area contributed by atoms with E-state index in [-0.39, 0.29) is 37.5 Å². The van der Waals surface area contributed by atoms with Crippen LogP contribution in [0.1, 0.15) is 96.8 Å². The van der Waals surface area contributed by atoms with Crippen LogP contribution in [0.25, 0.3) is 0 Å². The van der Waals surface area contributed by atoms with Crippen molar-refractivity contribution in [1.29, 1.82) is 0 Å². The average molecular weight is 536 g/mol. The third kappa shape index (κ3) is 7.11. The van der Waals surface area contributed by atoms with E-state index in [9.17, 15) is 29.7 Å². The van der Waals surface area contributed by atoms with Crippen LogP contribution in [0.15, 0.2) is 23.9 Å². The van der Waals surface area contributed by atoms with Crippen LogP contribution in [-0.4, -0.2) is 68.6 Å². The first-order valence-electron chi connectivity index (χ1n) is 14.3. The average Bonchev–Trinajstić information content (AvgIpc) is 3.16. The van der Waals surface area contributed by atoms with Crippen molar-refractivity contribution in [2.75, 3.05) is 6.54 Å². The number of Topliss-reactive ketones (excluding diaryl/α,β-unsaturated/α-hetero) is 1. The highest BCUT2D eigenvalue weighted by Gasteiger charge is 2.66. The van der Waals surface area contributed by atoms with Crippen LogP contribution in [0.4, 0.5) is 0 Å². The molecule has 2 heterocycles. The number of aliphatic hydroxyl groups excluding tert-OH is 2. The molecule has 1 aliphatic carbocycles. The molecule has 0 radical (unpaired) electrons. The van der Waals surface area contributed by atoms with Crippen molar-refractivity contribution in [3.8, 4) is 0 Å². The molecule has 9 heteroatoms. The number of carbonyl (C=O) groups is 3. The molecule has 0 aromatic carbocycles. The third-order valence-electron chi connectivity index (χ3n) is 8.39. The standard InChI is InChI=1S/C29H45NO8/c1-2-3-4-10-13-20-23(38-29(37)19-28(20)24(17-25(29)33)30-18-26(28)34)16-22(32)21(31)14-11-8-6-5-7-9-12-15-27(35)36/h4,10,17,20-21,23,26,30-31,34,37H,2-3,5-9,11-16,18-19H2,1H3,(H,35,36)/b10-4-/t20-,21+,23-,26+,28?,29-/m0/s1. The number of carbonyl (C=O) groups excluding carboxylic acids is 2. The molecule has 2 fully saturated rings. The van der Waals surface area contributed by atoms with Gasteiger partial charge in [-0.15, -0.1) is 0 Å². The Labute approximate surface area is 225 Å². The normalized spacial score (nSPS) is 31.1. The third-order valence-corrected chi connectivity index (χ3v) is 8.39. The molecular weight excluding hydrogens is 490 g/mol. The number of carboxylic acids is 1. The fourth-order valence-corrected chi connectivity index (χ4v) is 6.27. The molecule has 0 saturated carbocycles. The van der Waals surface area contributed by atoms with Crippen LogP contribution in [0.3, 0.4) is 0 Å². The van der Waals surface area contributed by atoms with Crippen molar-refractivity contribution in [1.82, 2.24) is 5.32 Å². The molecule has 2 saturated heterocycles. The lowest BCUT2D eigenvalue weighted by Gasteiger charge is -2.54. The zero-order valence-corrected chi connectivity index (χ0v) is 22.6. The molecule has 3 aliphatic rings. The molecule has 0 amide bonds. The van der Waals surface area contributed by atoms with E-state index in [4.69, 9.17) is 9.84 Å². The van der Waals surface area contributed by atoms with Crippen molar-refractivity contribution < 1.29 is 39.5 Å². The molecule has 9 nitrogen and oxygen atoms in total. The minimum Gasteiger partial charge on any atom is -0.481 e. The maximum atomic E-state index is 13.0. The Morgan fingerprint density at radius 2 is 1.84 bits per heavy atom. The van der Waals surface area contributed by atoms with E-state index in [1.165, 1.54) is 6.08 Å². The molecule has 0 aromatic heterocycles. The number of unbranched alkanes of at least 4 members (excludes halogenated alkanes) is 7. The molecule has 1 spiro atoms. The first-order chi connectivity index (χ1) is 18.1. The summed E-state index contributed by atoms with van der Waals surface area (Å²) in [5, 5.41) is 44.5. The van der Waals surface area contributed by atoms with E-state index in [2.05, 4.69) is 18.3 Å². The van der Waals surface area contributed by atoms with E-state index in [0.29, 0.717) is 31.4 Å². The van der Waals surface area contributed by atoms with E-state index in [0.717, 1.165) is 44.9 Å². The highest BCUT2D eigenvalue weighted by Crippen LogP contribution is 2.57. The molecule has 3 rings (SSSR count). The van der Waals surface area contributed by atoms with E-state index in [1.807, 2.05) is 6.08 Å². The molecule has 6 atom stereocenters. The fraction of sp³-hybridized carbons (Fsp3) is 0.759. The first-order valence-corrected chi connectivity index (χ1v) is 14.3. The number of rotatable bonds is 17. The summed E-state index contributed by atoms with van der Waals surface area (Å²) in [6.45, 7) is 2.34. The molecule has 0 aromatic rings. The largest absolute Gasteiger partial charge is 0.481 e. The first kappa shape index (κ1) is 30.5. The summed E-state index contributed by atoms with van der Waals surface area (Å²) in [4.78, 5) is 36.3. The Kier molecular flexibility index (Phi) is 11.1. The van der Waals surface area contributed by atoms with Gasteiger partial charge in [-0.05, 0) is 25.7 Å². The Balaban J connectivity index is 1.58. The minimum absolute atomic E-state index is 0.0608. The second kappa shape index (κ2) is 13.8. The van der Waals surface area contributed by atoms with E-state index >= 15 is 0 Å². The Bertz CT molecular complexity index is 901. The maximum absolute atomic E-state index is 13.0. The number of β-amino-alcohol motifs (C(OH)–C–C–N with tert-alkyl or cyclic N) is 1. The summed E-state index contributed by atoms with van der Waals surface area (Å²) in [7, 11) is 0. The van der Waals surface area contributed by atoms with Gasteiger partial charge < -0.3 is 30.5 Å². The van der Waals surface area contributed by atoms with Crippen LogP contribution in [-0.2, 0) is 19.1 Å². The van der Waals surface area contributed by atoms with Gasteiger partial charge in [0.25, 0.3) is 0 Å². The van der Waals surface area contributed by atoms with Crippen LogP contribution in [0, 0.1) is 11.3 Å². The van der Waals surface area contributed by atoms with E-state index in [1.54, 1.807) is 0 Å². The molecule has 38 heavy (non-hydrogen) atoms. The van der Waals surface area contributed by atoms with Crippen molar-refractivity contribution in [3.63, 3.8) is 0 Å². The Morgan fingerprint density at radius 1 is 1.16 bits per heavy atom. The molecule has 1 unspecified atom stereocenters. The van der Waals surface area contributed by atoms with Gasteiger partial charge in [-0.1, -0.05) is 64.0 Å².